The van der Waals surface area contributed by atoms with Crippen LogP contribution in [0.4, 0.5) is 0 Å². The smallest absolute Gasteiger partial charge is 0.237 e. The zero-order chi connectivity index (χ0) is 12.2. The fourth-order valence-electron chi connectivity index (χ4n) is 1.64. The number of aliphatic hydroxyl groups is 1. The van der Waals surface area contributed by atoms with Crippen LogP contribution in [0.2, 0.25) is 0 Å². The molecule has 1 amide bonds. The first-order valence-electron chi connectivity index (χ1n) is 5.37. The first-order valence-corrected chi connectivity index (χ1v) is 5.37. The number of rotatable bonds is 4. The molecule has 0 bridgehead atoms. The van der Waals surface area contributed by atoms with Crippen molar-refractivity contribution in [2.45, 2.75) is 31.5 Å². The predicted octanol–water partition coefficient (Wildman–Crippen LogP) is -1.24. The first-order chi connectivity index (χ1) is 7.50. The van der Waals surface area contributed by atoms with Crippen molar-refractivity contribution in [3.8, 4) is 6.07 Å². The fraction of sp³-hybridized carbons (Fsp3) is 0.800. The van der Waals surface area contributed by atoms with Crippen molar-refractivity contribution < 1.29 is 9.90 Å². The average molecular weight is 226 g/mol. The van der Waals surface area contributed by atoms with E-state index in [1.807, 2.05) is 0 Å². The number of likely N-dealkylation sites (tertiary alicyclic amines) is 1. The summed E-state index contributed by atoms with van der Waals surface area (Å²) in [6.45, 7) is 2.15. The van der Waals surface area contributed by atoms with Crippen LogP contribution in [0.3, 0.4) is 0 Å². The van der Waals surface area contributed by atoms with Gasteiger partial charge in [-0.25, -0.2) is 0 Å². The van der Waals surface area contributed by atoms with Gasteiger partial charge in [0, 0.05) is 13.1 Å². The maximum Gasteiger partial charge on any atom is 0.237 e. The molecule has 2 unspecified atom stereocenters. The molecule has 90 valence electrons. The Labute approximate surface area is 95.0 Å². The number of hydrogen-bond acceptors (Lipinski definition) is 5. The third-order valence-electron chi connectivity index (χ3n) is 2.74. The quantitative estimate of drug-likeness (QED) is 0.520. The van der Waals surface area contributed by atoms with E-state index in [-0.39, 0.29) is 25.0 Å². The lowest BCUT2D eigenvalue weighted by atomic mass is 10.2. The second-order valence-corrected chi connectivity index (χ2v) is 4.21. The molecule has 1 heterocycles. The van der Waals surface area contributed by atoms with E-state index in [1.54, 1.807) is 4.90 Å². The van der Waals surface area contributed by atoms with E-state index in [0.717, 1.165) is 12.8 Å². The van der Waals surface area contributed by atoms with Crippen molar-refractivity contribution in [1.29, 1.82) is 5.26 Å². The van der Waals surface area contributed by atoms with Gasteiger partial charge in [-0.15, -0.1) is 0 Å². The number of nitrogens with zero attached hydrogens (tertiary/aromatic N) is 2. The monoisotopic (exact) mass is 226 g/mol. The Kier molecular flexibility index (Phi) is 4.24. The molecule has 0 radical (unpaired) electrons. The van der Waals surface area contributed by atoms with Gasteiger partial charge in [0.2, 0.25) is 5.91 Å². The zero-order valence-electron chi connectivity index (χ0n) is 9.44. The maximum absolute atomic E-state index is 11.7. The first kappa shape index (κ1) is 12.9. The van der Waals surface area contributed by atoms with Gasteiger partial charge in [-0.3, -0.25) is 10.1 Å². The highest BCUT2D eigenvalue weighted by Crippen LogP contribution is 2.16. The summed E-state index contributed by atoms with van der Waals surface area (Å²) < 4.78 is 0. The van der Waals surface area contributed by atoms with Gasteiger partial charge in [-0.2, -0.15) is 5.26 Å². The number of nitrogens with one attached hydrogen (secondary N) is 1. The number of nitrogens with two attached hydrogens (primary N) is 1. The number of hydrogen-bond donors (Lipinski definition) is 3. The summed E-state index contributed by atoms with van der Waals surface area (Å²) >= 11 is 0. The van der Waals surface area contributed by atoms with Crippen molar-refractivity contribution in [3.05, 3.63) is 0 Å². The molecule has 0 aromatic carbocycles. The molecule has 0 aliphatic carbocycles. The van der Waals surface area contributed by atoms with Crippen molar-refractivity contribution in [2.75, 3.05) is 19.6 Å². The van der Waals surface area contributed by atoms with Crippen LogP contribution in [0.15, 0.2) is 0 Å². The Morgan fingerprint density at radius 1 is 1.81 bits per heavy atom. The van der Waals surface area contributed by atoms with E-state index in [0.29, 0.717) is 6.54 Å². The number of nitriles is 1. The van der Waals surface area contributed by atoms with E-state index in [1.165, 1.54) is 6.92 Å². The summed E-state index contributed by atoms with van der Waals surface area (Å²) in [4.78, 5) is 13.3. The van der Waals surface area contributed by atoms with Gasteiger partial charge in [-0.05, 0) is 19.8 Å². The SMILES string of the molecule is CC(O)(CN)NCC(=O)N1CCCC1C#N. The highest BCUT2D eigenvalue weighted by molar-refractivity contribution is 5.79. The van der Waals surface area contributed by atoms with E-state index in [9.17, 15) is 9.90 Å². The van der Waals surface area contributed by atoms with Crippen LogP contribution in [0.1, 0.15) is 19.8 Å². The lowest BCUT2D eigenvalue weighted by Crippen LogP contribution is -2.52. The number of carbonyl (C=O) groups is 1. The molecule has 4 N–H and O–H groups in total. The Morgan fingerprint density at radius 2 is 2.50 bits per heavy atom. The van der Waals surface area contributed by atoms with Crippen LogP contribution in [-0.4, -0.2) is 47.3 Å². The Bertz CT molecular complexity index is 298. The number of carbonyl (C=O) groups excluding carboxylic acids is 1. The fourth-order valence-corrected chi connectivity index (χ4v) is 1.64. The maximum atomic E-state index is 11.7. The van der Waals surface area contributed by atoms with Crippen LogP contribution < -0.4 is 11.1 Å². The molecular formula is C10H18N4O2. The standard InChI is InChI=1S/C10H18N4O2/c1-10(16,7-12)13-6-9(15)14-4-2-3-8(14)5-11/h8,13,16H,2-4,6-7,12H2,1H3. The Hall–Kier alpha value is -1.16. The van der Waals surface area contributed by atoms with Crippen LogP contribution in [0, 0.1) is 11.3 Å². The average Bonchev–Trinajstić information content (AvgIpc) is 2.74. The van der Waals surface area contributed by atoms with E-state index in [4.69, 9.17) is 11.0 Å². The minimum Gasteiger partial charge on any atom is -0.375 e. The highest BCUT2D eigenvalue weighted by Gasteiger charge is 2.29. The van der Waals surface area contributed by atoms with Crippen molar-refractivity contribution in [3.63, 3.8) is 0 Å². The summed E-state index contributed by atoms with van der Waals surface area (Å²) in [7, 11) is 0. The van der Waals surface area contributed by atoms with Crippen LogP contribution >= 0.6 is 0 Å². The molecule has 6 nitrogen and oxygen atoms in total. The second kappa shape index (κ2) is 5.25. The molecule has 1 saturated heterocycles. The van der Waals surface area contributed by atoms with E-state index >= 15 is 0 Å². The summed E-state index contributed by atoms with van der Waals surface area (Å²) in [6.07, 6.45) is 1.59. The van der Waals surface area contributed by atoms with Gasteiger partial charge in [0.05, 0.1) is 12.6 Å². The molecule has 6 heteroatoms. The van der Waals surface area contributed by atoms with Crippen LogP contribution in [0.25, 0.3) is 0 Å². The van der Waals surface area contributed by atoms with Crippen molar-refractivity contribution in [2.24, 2.45) is 5.73 Å². The van der Waals surface area contributed by atoms with Crippen molar-refractivity contribution in [1.82, 2.24) is 10.2 Å². The van der Waals surface area contributed by atoms with Gasteiger partial charge >= 0.3 is 0 Å². The van der Waals surface area contributed by atoms with Crippen molar-refractivity contribution >= 4 is 5.91 Å². The van der Waals surface area contributed by atoms with Crippen LogP contribution in [-0.2, 0) is 4.79 Å². The third kappa shape index (κ3) is 3.17. The van der Waals surface area contributed by atoms with E-state index in [2.05, 4.69) is 11.4 Å². The molecule has 1 fully saturated rings. The summed E-state index contributed by atoms with van der Waals surface area (Å²) in [6, 6.07) is 1.77. The van der Waals surface area contributed by atoms with Gasteiger partial charge < -0.3 is 15.7 Å². The summed E-state index contributed by atoms with van der Waals surface area (Å²) in [5.41, 5.74) is 4.07. The van der Waals surface area contributed by atoms with Gasteiger partial charge in [0.15, 0.2) is 0 Å². The summed E-state index contributed by atoms with van der Waals surface area (Å²) in [5.74, 6) is -0.169. The minimum absolute atomic E-state index is 0.00236. The Morgan fingerprint density at radius 3 is 3.06 bits per heavy atom. The molecule has 0 spiro atoms. The normalized spacial score (nSPS) is 23.9. The molecule has 0 aromatic rings. The molecule has 1 aliphatic rings. The minimum atomic E-state index is -1.24. The van der Waals surface area contributed by atoms with Gasteiger partial charge in [-0.1, -0.05) is 0 Å². The molecular weight excluding hydrogens is 208 g/mol. The van der Waals surface area contributed by atoms with Gasteiger partial charge in [0.25, 0.3) is 0 Å². The lowest BCUT2D eigenvalue weighted by molar-refractivity contribution is -0.131. The molecule has 16 heavy (non-hydrogen) atoms. The Balaban J connectivity index is 2.44. The lowest BCUT2D eigenvalue weighted by Gasteiger charge is -2.25. The molecule has 0 saturated carbocycles. The van der Waals surface area contributed by atoms with Crippen LogP contribution in [0.5, 0.6) is 0 Å². The second-order valence-electron chi connectivity index (χ2n) is 4.21. The highest BCUT2D eigenvalue weighted by atomic mass is 16.3. The molecule has 1 aliphatic heterocycles. The molecule has 0 aromatic heterocycles. The van der Waals surface area contributed by atoms with E-state index < -0.39 is 5.72 Å². The number of amides is 1. The summed E-state index contributed by atoms with van der Waals surface area (Å²) in [5, 5.41) is 21.1. The molecule has 2 atom stereocenters. The third-order valence-corrected chi connectivity index (χ3v) is 2.74. The largest absolute Gasteiger partial charge is 0.375 e. The topological polar surface area (TPSA) is 102 Å². The zero-order valence-corrected chi connectivity index (χ0v) is 9.44. The van der Waals surface area contributed by atoms with Gasteiger partial charge in [0.1, 0.15) is 11.8 Å². The molecule has 1 rings (SSSR count). The predicted molar refractivity (Wildman–Crippen MR) is 58.0 cm³/mol.